The summed E-state index contributed by atoms with van der Waals surface area (Å²) < 4.78 is 5.81. The number of nitrogens with zero attached hydrogens (tertiary/aromatic N) is 4. The van der Waals surface area contributed by atoms with Gasteiger partial charge >= 0.3 is 0 Å². The van der Waals surface area contributed by atoms with E-state index in [9.17, 15) is 0 Å². The second kappa shape index (κ2) is 8.11. The van der Waals surface area contributed by atoms with E-state index in [1.54, 1.807) is 0 Å². The first-order chi connectivity index (χ1) is 13.2. The Morgan fingerprint density at radius 2 is 1.59 bits per heavy atom. The van der Waals surface area contributed by atoms with Crippen LogP contribution in [0.25, 0.3) is 11.0 Å². The van der Waals surface area contributed by atoms with Crippen molar-refractivity contribution in [2.75, 3.05) is 44.2 Å². The summed E-state index contributed by atoms with van der Waals surface area (Å²) in [7, 11) is 0. The van der Waals surface area contributed by atoms with Crippen LogP contribution in [0.3, 0.4) is 0 Å². The number of hydrogen-bond donors (Lipinski definition) is 0. The van der Waals surface area contributed by atoms with Gasteiger partial charge in [0.15, 0.2) is 5.82 Å². The summed E-state index contributed by atoms with van der Waals surface area (Å²) in [4.78, 5) is 14.3. The quantitative estimate of drug-likeness (QED) is 0.671. The molecule has 6 heteroatoms. The number of piperazine rings is 1. The Morgan fingerprint density at radius 1 is 0.926 bits per heavy atom. The third-order valence-electron chi connectivity index (χ3n) is 4.89. The van der Waals surface area contributed by atoms with Gasteiger partial charge in [-0.1, -0.05) is 35.9 Å². The van der Waals surface area contributed by atoms with E-state index < -0.39 is 0 Å². The third kappa shape index (κ3) is 4.15. The van der Waals surface area contributed by atoms with Gasteiger partial charge in [-0.3, -0.25) is 4.90 Å². The Hall–Kier alpha value is -2.37. The number of hydrogen-bond acceptors (Lipinski definition) is 5. The van der Waals surface area contributed by atoms with E-state index in [2.05, 4.69) is 9.80 Å². The summed E-state index contributed by atoms with van der Waals surface area (Å²) in [6.45, 7) is 7.43. The van der Waals surface area contributed by atoms with Crippen molar-refractivity contribution in [3.05, 3.63) is 59.2 Å². The van der Waals surface area contributed by atoms with Gasteiger partial charge in [0.05, 0.1) is 21.7 Å². The van der Waals surface area contributed by atoms with Gasteiger partial charge in [-0.2, -0.15) is 0 Å². The molecule has 27 heavy (non-hydrogen) atoms. The fraction of sp³-hybridized carbons (Fsp3) is 0.333. The number of para-hydroxylation sites is 3. The molecule has 0 spiro atoms. The molecule has 5 nitrogen and oxygen atoms in total. The molecule has 2 heterocycles. The van der Waals surface area contributed by atoms with Gasteiger partial charge in [-0.25, -0.2) is 9.97 Å². The van der Waals surface area contributed by atoms with E-state index in [-0.39, 0.29) is 0 Å². The SMILES string of the molecule is Cc1nc2ccccc2nc1N1CCN(CCOc2ccccc2Cl)CC1. The molecule has 2 aromatic carbocycles. The molecule has 0 radical (unpaired) electrons. The van der Waals surface area contributed by atoms with Crippen molar-refractivity contribution in [1.29, 1.82) is 0 Å². The highest BCUT2D eigenvalue weighted by Crippen LogP contribution is 2.23. The summed E-state index contributed by atoms with van der Waals surface area (Å²) in [5, 5.41) is 0.660. The van der Waals surface area contributed by atoms with E-state index in [0.717, 1.165) is 61.0 Å². The number of halogens is 1. The molecule has 140 valence electrons. The highest BCUT2D eigenvalue weighted by atomic mass is 35.5. The van der Waals surface area contributed by atoms with Gasteiger partial charge in [-0.05, 0) is 31.2 Å². The molecular formula is C21H23ClN4O. The van der Waals surface area contributed by atoms with Gasteiger partial charge in [0.2, 0.25) is 0 Å². The number of benzene rings is 2. The van der Waals surface area contributed by atoms with Crippen molar-refractivity contribution in [1.82, 2.24) is 14.9 Å². The number of ether oxygens (including phenoxy) is 1. The first-order valence-corrected chi connectivity index (χ1v) is 9.66. The average Bonchev–Trinajstić information content (AvgIpc) is 2.69. The lowest BCUT2D eigenvalue weighted by Gasteiger charge is -2.35. The molecule has 0 aliphatic carbocycles. The van der Waals surface area contributed by atoms with Crippen molar-refractivity contribution >= 4 is 28.5 Å². The molecular weight excluding hydrogens is 360 g/mol. The highest BCUT2D eigenvalue weighted by molar-refractivity contribution is 6.32. The fourth-order valence-electron chi connectivity index (χ4n) is 3.41. The molecule has 1 aromatic heterocycles. The van der Waals surface area contributed by atoms with Crippen molar-refractivity contribution in [3.8, 4) is 5.75 Å². The van der Waals surface area contributed by atoms with E-state index in [4.69, 9.17) is 26.3 Å². The van der Waals surface area contributed by atoms with Crippen LogP contribution in [0.2, 0.25) is 5.02 Å². The predicted molar refractivity (Wildman–Crippen MR) is 110 cm³/mol. The smallest absolute Gasteiger partial charge is 0.150 e. The Balaban J connectivity index is 1.32. The second-order valence-corrected chi connectivity index (χ2v) is 7.14. The van der Waals surface area contributed by atoms with Crippen LogP contribution >= 0.6 is 11.6 Å². The van der Waals surface area contributed by atoms with Crippen LogP contribution < -0.4 is 9.64 Å². The van der Waals surface area contributed by atoms with E-state index in [1.165, 1.54) is 0 Å². The number of fused-ring (bicyclic) bond motifs is 1. The predicted octanol–water partition coefficient (Wildman–Crippen LogP) is 3.79. The maximum Gasteiger partial charge on any atom is 0.150 e. The number of anilines is 1. The lowest BCUT2D eigenvalue weighted by molar-refractivity contribution is 0.200. The minimum Gasteiger partial charge on any atom is -0.491 e. The van der Waals surface area contributed by atoms with E-state index in [0.29, 0.717) is 11.6 Å². The Bertz CT molecular complexity index is 925. The molecule has 0 N–H and O–H groups in total. The molecule has 0 amide bonds. The minimum atomic E-state index is 0.637. The number of aromatic nitrogens is 2. The lowest BCUT2D eigenvalue weighted by Crippen LogP contribution is -2.48. The van der Waals surface area contributed by atoms with Crippen molar-refractivity contribution in [2.24, 2.45) is 0 Å². The summed E-state index contributed by atoms with van der Waals surface area (Å²) in [5.74, 6) is 1.75. The monoisotopic (exact) mass is 382 g/mol. The molecule has 0 bridgehead atoms. The molecule has 0 atom stereocenters. The van der Waals surface area contributed by atoms with E-state index >= 15 is 0 Å². The Labute approximate surface area is 164 Å². The van der Waals surface area contributed by atoms with Crippen LogP contribution in [-0.4, -0.2) is 54.2 Å². The van der Waals surface area contributed by atoms with Gasteiger partial charge in [0.25, 0.3) is 0 Å². The van der Waals surface area contributed by atoms with Crippen LogP contribution in [0, 0.1) is 6.92 Å². The maximum atomic E-state index is 6.13. The first-order valence-electron chi connectivity index (χ1n) is 9.29. The summed E-state index contributed by atoms with van der Waals surface area (Å²) in [6, 6.07) is 15.6. The van der Waals surface area contributed by atoms with Crippen molar-refractivity contribution in [3.63, 3.8) is 0 Å². The zero-order valence-electron chi connectivity index (χ0n) is 15.4. The summed E-state index contributed by atoms with van der Waals surface area (Å²) in [5.41, 5.74) is 2.90. The van der Waals surface area contributed by atoms with Crippen LogP contribution in [0.4, 0.5) is 5.82 Å². The highest BCUT2D eigenvalue weighted by Gasteiger charge is 2.20. The minimum absolute atomic E-state index is 0.637. The van der Waals surface area contributed by atoms with Crippen LogP contribution in [0.1, 0.15) is 5.69 Å². The van der Waals surface area contributed by atoms with Gasteiger partial charge in [0.1, 0.15) is 12.4 Å². The normalized spacial score (nSPS) is 15.3. The Kier molecular flexibility index (Phi) is 5.41. The molecule has 1 fully saturated rings. The largest absolute Gasteiger partial charge is 0.491 e. The molecule has 4 rings (SSSR count). The molecule has 3 aromatic rings. The van der Waals surface area contributed by atoms with Gasteiger partial charge < -0.3 is 9.64 Å². The van der Waals surface area contributed by atoms with Gasteiger partial charge in [0, 0.05) is 32.7 Å². The zero-order chi connectivity index (χ0) is 18.6. The molecule has 1 aliphatic heterocycles. The van der Waals surface area contributed by atoms with Crippen LogP contribution in [0.15, 0.2) is 48.5 Å². The topological polar surface area (TPSA) is 41.5 Å². The molecule has 1 saturated heterocycles. The third-order valence-corrected chi connectivity index (χ3v) is 5.21. The zero-order valence-corrected chi connectivity index (χ0v) is 16.2. The number of aryl methyl sites for hydroxylation is 1. The van der Waals surface area contributed by atoms with Crippen LogP contribution in [-0.2, 0) is 0 Å². The van der Waals surface area contributed by atoms with Crippen molar-refractivity contribution < 1.29 is 4.74 Å². The standard InChI is InChI=1S/C21H23ClN4O/c1-16-21(24-19-8-4-3-7-18(19)23-16)26-12-10-25(11-13-26)14-15-27-20-9-5-2-6-17(20)22/h2-9H,10-15H2,1H3. The van der Waals surface area contributed by atoms with E-state index in [1.807, 2.05) is 55.5 Å². The molecule has 0 unspecified atom stereocenters. The Morgan fingerprint density at radius 3 is 2.33 bits per heavy atom. The van der Waals surface area contributed by atoms with Crippen LogP contribution in [0.5, 0.6) is 5.75 Å². The van der Waals surface area contributed by atoms with Gasteiger partial charge in [-0.15, -0.1) is 0 Å². The second-order valence-electron chi connectivity index (χ2n) is 6.73. The summed E-state index contributed by atoms with van der Waals surface area (Å²) >= 11 is 6.13. The lowest BCUT2D eigenvalue weighted by atomic mass is 10.2. The average molecular weight is 383 g/mol. The first kappa shape index (κ1) is 18.0. The summed E-state index contributed by atoms with van der Waals surface area (Å²) in [6.07, 6.45) is 0. The molecule has 0 saturated carbocycles. The maximum absolute atomic E-state index is 6.13. The van der Waals surface area contributed by atoms with Crippen molar-refractivity contribution in [2.45, 2.75) is 6.92 Å². The number of rotatable bonds is 5. The molecule has 1 aliphatic rings. The fourth-order valence-corrected chi connectivity index (χ4v) is 3.60.